The second-order valence-electron chi connectivity index (χ2n) is 8.29. The molecule has 11 heteroatoms. The first-order chi connectivity index (χ1) is 16.3. The molecule has 5 rings (SSSR count). The lowest BCUT2D eigenvalue weighted by Gasteiger charge is -2.41. The highest BCUT2D eigenvalue weighted by Crippen LogP contribution is 2.37. The molecule has 1 amide bonds. The van der Waals surface area contributed by atoms with Crippen LogP contribution in [0.2, 0.25) is 5.02 Å². The fourth-order valence-electron chi connectivity index (χ4n) is 4.25. The van der Waals surface area contributed by atoms with Gasteiger partial charge in [-0.15, -0.1) is 0 Å². The van der Waals surface area contributed by atoms with Crippen molar-refractivity contribution in [3.8, 4) is 11.6 Å². The molecule has 8 nitrogen and oxygen atoms in total. The monoisotopic (exact) mass is 486 g/mol. The zero-order valence-corrected chi connectivity index (χ0v) is 19.0. The largest absolute Gasteiger partial charge is 0.438 e. The van der Waals surface area contributed by atoms with Gasteiger partial charge in [-0.05, 0) is 49.4 Å². The zero-order valence-electron chi connectivity index (χ0n) is 18.2. The Labute approximate surface area is 199 Å². The Kier molecular flexibility index (Phi) is 5.78. The molecular formula is C23H21ClF2N6O2. The number of pyridine rings is 1. The number of ether oxygens (including phenoxy) is 1. The molecule has 1 atom stereocenters. The molecule has 34 heavy (non-hydrogen) atoms. The minimum absolute atomic E-state index is 0.0377. The van der Waals surface area contributed by atoms with Gasteiger partial charge in [0.15, 0.2) is 0 Å². The first-order valence-corrected chi connectivity index (χ1v) is 11.1. The summed E-state index contributed by atoms with van der Waals surface area (Å²) >= 11 is 5.91. The Morgan fingerprint density at radius 1 is 1.26 bits per heavy atom. The summed E-state index contributed by atoms with van der Waals surface area (Å²) < 4.78 is 35.5. The number of carbonyl (C=O) groups is 1. The van der Waals surface area contributed by atoms with Crippen LogP contribution in [0.5, 0.6) is 11.6 Å². The van der Waals surface area contributed by atoms with Crippen molar-refractivity contribution in [2.24, 2.45) is 15.9 Å². The molecular weight excluding hydrogens is 466 g/mol. The quantitative estimate of drug-likeness (QED) is 0.703. The van der Waals surface area contributed by atoms with Crippen molar-refractivity contribution >= 4 is 29.2 Å². The van der Waals surface area contributed by atoms with Crippen LogP contribution < -0.4 is 10.2 Å². The number of hydrazine groups is 1. The predicted molar refractivity (Wildman–Crippen MR) is 123 cm³/mol. The van der Waals surface area contributed by atoms with Gasteiger partial charge in [0, 0.05) is 41.5 Å². The zero-order chi connectivity index (χ0) is 23.9. The van der Waals surface area contributed by atoms with Crippen LogP contribution in [-0.2, 0) is 0 Å². The number of guanidine groups is 1. The van der Waals surface area contributed by atoms with Crippen molar-refractivity contribution in [2.75, 3.05) is 19.8 Å². The van der Waals surface area contributed by atoms with E-state index in [1.54, 1.807) is 48.3 Å². The molecule has 0 aliphatic carbocycles. The van der Waals surface area contributed by atoms with E-state index in [1.807, 2.05) is 0 Å². The van der Waals surface area contributed by atoms with Gasteiger partial charge in [-0.2, -0.15) is 0 Å². The maximum atomic E-state index is 14.9. The van der Waals surface area contributed by atoms with Crippen LogP contribution in [0, 0.1) is 5.92 Å². The van der Waals surface area contributed by atoms with Crippen LogP contribution >= 0.6 is 11.6 Å². The average Bonchev–Trinajstić information content (AvgIpc) is 3.27. The Morgan fingerprint density at radius 2 is 2.06 bits per heavy atom. The fraction of sp³-hybridized carbons (Fsp3) is 0.304. The van der Waals surface area contributed by atoms with Gasteiger partial charge < -0.3 is 9.64 Å². The number of rotatable bonds is 4. The molecule has 0 saturated carbocycles. The molecule has 1 saturated heterocycles. The third-order valence-electron chi connectivity index (χ3n) is 5.68. The van der Waals surface area contributed by atoms with Gasteiger partial charge in [-0.3, -0.25) is 4.79 Å². The van der Waals surface area contributed by atoms with Gasteiger partial charge in [-0.25, -0.2) is 34.2 Å². The molecule has 1 N–H and O–H groups in total. The van der Waals surface area contributed by atoms with E-state index in [-0.39, 0.29) is 24.4 Å². The minimum atomic E-state index is -3.07. The summed E-state index contributed by atoms with van der Waals surface area (Å²) in [5.74, 6) is -3.37. The van der Waals surface area contributed by atoms with E-state index in [1.165, 1.54) is 12.3 Å². The third-order valence-corrected chi connectivity index (χ3v) is 5.94. The molecule has 3 aliphatic rings. The van der Waals surface area contributed by atoms with Crippen LogP contribution in [0.4, 0.5) is 8.78 Å². The molecule has 1 aromatic heterocycles. The van der Waals surface area contributed by atoms with E-state index in [2.05, 4.69) is 20.4 Å². The number of hydrogen-bond acceptors (Lipinski definition) is 7. The summed E-state index contributed by atoms with van der Waals surface area (Å²) in [6.07, 6.45) is 2.85. The molecule has 4 heterocycles. The number of amides is 1. The van der Waals surface area contributed by atoms with Crippen molar-refractivity contribution < 1.29 is 18.3 Å². The molecule has 0 bridgehead atoms. The van der Waals surface area contributed by atoms with Crippen molar-refractivity contribution in [3.63, 3.8) is 0 Å². The van der Waals surface area contributed by atoms with E-state index < -0.39 is 24.3 Å². The molecule has 1 fully saturated rings. The average molecular weight is 487 g/mol. The maximum Gasteiger partial charge on any atom is 0.266 e. The number of piperidine rings is 1. The number of aromatic nitrogens is 1. The predicted octanol–water partition coefficient (Wildman–Crippen LogP) is 4.12. The van der Waals surface area contributed by atoms with E-state index in [4.69, 9.17) is 16.3 Å². The van der Waals surface area contributed by atoms with Crippen LogP contribution in [0.1, 0.15) is 23.7 Å². The fourth-order valence-corrected chi connectivity index (χ4v) is 4.38. The Bertz CT molecular complexity index is 1210. The number of nitrogens with zero attached hydrogens (tertiary/aromatic N) is 5. The summed E-state index contributed by atoms with van der Waals surface area (Å²) in [4.78, 5) is 27.3. The topological polar surface area (TPSA) is 82.4 Å². The second kappa shape index (κ2) is 8.77. The lowest BCUT2D eigenvalue weighted by Crippen LogP contribution is -2.53. The number of halogens is 3. The SMILES string of the molecule is CC1=NC2=NCNN2C(C2CN(C(=O)c3cccnc3Oc3ccc(Cl)cc3)CC(F)(F)C2)=C1. The van der Waals surface area contributed by atoms with Gasteiger partial charge in [0.05, 0.1) is 6.54 Å². The molecule has 176 valence electrons. The number of carbonyl (C=O) groups excluding carboxylic acids is 1. The molecule has 0 spiro atoms. The van der Waals surface area contributed by atoms with Gasteiger partial charge in [-0.1, -0.05) is 11.6 Å². The molecule has 0 radical (unpaired) electrons. The van der Waals surface area contributed by atoms with Crippen LogP contribution in [0.25, 0.3) is 0 Å². The Morgan fingerprint density at radius 3 is 2.85 bits per heavy atom. The lowest BCUT2D eigenvalue weighted by molar-refractivity contribution is -0.0725. The number of allylic oxidation sites excluding steroid dienone is 1. The highest BCUT2D eigenvalue weighted by Gasteiger charge is 2.45. The number of benzene rings is 1. The number of nitrogens with one attached hydrogen (secondary N) is 1. The van der Waals surface area contributed by atoms with E-state index in [9.17, 15) is 13.6 Å². The Hall–Kier alpha value is -3.37. The number of hydrogen-bond donors (Lipinski definition) is 1. The summed E-state index contributed by atoms with van der Waals surface area (Å²) in [5, 5.41) is 2.16. The van der Waals surface area contributed by atoms with Gasteiger partial charge in [0.2, 0.25) is 11.8 Å². The summed E-state index contributed by atoms with van der Waals surface area (Å²) in [7, 11) is 0. The first kappa shape index (κ1) is 22.4. The second-order valence-corrected chi connectivity index (χ2v) is 8.72. The number of likely N-dealkylation sites (tertiary alicyclic amines) is 1. The standard InChI is InChI=1S/C23H21ClF2N6O2/c1-14-9-19(32-22(30-14)28-13-29-32)15-10-23(25,26)12-31(11-15)21(33)18-3-2-8-27-20(18)34-17-6-4-16(24)5-7-17/h2-9,15,29H,10-13H2,1H3. The van der Waals surface area contributed by atoms with Crippen molar-refractivity contribution in [1.29, 1.82) is 0 Å². The van der Waals surface area contributed by atoms with Gasteiger partial charge in [0.25, 0.3) is 11.8 Å². The minimum Gasteiger partial charge on any atom is -0.438 e. The highest BCUT2D eigenvalue weighted by atomic mass is 35.5. The number of alkyl halides is 2. The smallest absolute Gasteiger partial charge is 0.266 e. The molecule has 3 aliphatic heterocycles. The first-order valence-electron chi connectivity index (χ1n) is 10.7. The summed E-state index contributed by atoms with van der Waals surface area (Å²) in [5.41, 5.74) is 4.43. The number of fused-ring (bicyclic) bond motifs is 1. The Balaban J connectivity index is 1.42. The van der Waals surface area contributed by atoms with Crippen molar-refractivity contribution in [3.05, 3.63) is 65.0 Å². The summed E-state index contributed by atoms with van der Waals surface area (Å²) in [6, 6.07) is 9.65. The van der Waals surface area contributed by atoms with Crippen molar-refractivity contribution in [2.45, 2.75) is 19.3 Å². The van der Waals surface area contributed by atoms with Gasteiger partial charge >= 0.3 is 0 Å². The van der Waals surface area contributed by atoms with Crippen molar-refractivity contribution in [1.82, 2.24) is 20.3 Å². The lowest BCUT2D eigenvalue weighted by atomic mass is 9.90. The number of aliphatic imine (C=N–C) groups is 2. The normalized spacial score (nSPS) is 21.4. The van der Waals surface area contributed by atoms with Crippen LogP contribution in [-0.4, -0.2) is 58.2 Å². The molecule has 1 unspecified atom stereocenters. The van der Waals surface area contributed by atoms with E-state index in [0.717, 1.165) is 4.90 Å². The maximum absolute atomic E-state index is 14.9. The van der Waals surface area contributed by atoms with E-state index >= 15 is 0 Å². The van der Waals surface area contributed by atoms with Crippen LogP contribution in [0.15, 0.2) is 64.4 Å². The van der Waals surface area contributed by atoms with Crippen LogP contribution in [0.3, 0.4) is 0 Å². The third kappa shape index (κ3) is 4.51. The summed E-state index contributed by atoms with van der Waals surface area (Å²) in [6.45, 7) is 1.52. The molecule has 1 aromatic carbocycles. The highest BCUT2D eigenvalue weighted by molar-refractivity contribution is 6.30. The van der Waals surface area contributed by atoms with Gasteiger partial charge in [0.1, 0.15) is 18.0 Å². The van der Waals surface area contributed by atoms with E-state index in [0.29, 0.717) is 34.8 Å². The molecule has 2 aromatic rings.